The van der Waals surface area contributed by atoms with Crippen molar-refractivity contribution in [3.05, 3.63) is 84.6 Å². The van der Waals surface area contributed by atoms with Crippen molar-refractivity contribution < 1.29 is 14.3 Å². The van der Waals surface area contributed by atoms with Crippen LogP contribution in [-0.2, 0) is 11.3 Å². The molecule has 0 fully saturated rings. The van der Waals surface area contributed by atoms with E-state index in [1.807, 2.05) is 66.7 Å². The predicted molar refractivity (Wildman–Crippen MR) is 98.2 cm³/mol. The molecule has 130 valence electrons. The number of carbonyl (C=O) groups excluding carboxylic acids is 1. The minimum Gasteiger partial charge on any atom is -0.485 e. The van der Waals surface area contributed by atoms with Crippen molar-refractivity contribution in [2.24, 2.45) is 0 Å². The number of hydrogen-bond donors (Lipinski definition) is 0. The summed E-state index contributed by atoms with van der Waals surface area (Å²) in [6.45, 7) is 0.589. The molecule has 1 amide bonds. The van der Waals surface area contributed by atoms with Crippen LogP contribution in [0.5, 0.6) is 11.5 Å². The van der Waals surface area contributed by atoms with Crippen LogP contribution in [0.15, 0.2) is 79.0 Å². The van der Waals surface area contributed by atoms with Crippen LogP contribution < -0.4 is 14.4 Å². The standard InChI is InChI=1S/C21H18N2O3/c24-21(19-15-25-17-10-4-5-11-18(17)26-19)23(20-12-6-7-13-22-20)14-16-8-2-1-3-9-16/h1-13,19H,14-15H2. The van der Waals surface area contributed by atoms with Gasteiger partial charge in [-0.05, 0) is 29.8 Å². The predicted octanol–water partition coefficient (Wildman–Crippen LogP) is 3.45. The van der Waals surface area contributed by atoms with Crippen molar-refractivity contribution >= 4 is 11.7 Å². The van der Waals surface area contributed by atoms with Gasteiger partial charge in [-0.3, -0.25) is 9.69 Å². The van der Waals surface area contributed by atoms with Gasteiger partial charge in [-0.25, -0.2) is 4.98 Å². The van der Waals surface area contributed by atoms with Gasteiger partial charge in [0.25, 0.3) is 5.91 Å². The van der Waals surface area contributed by atoms with Gasteiger partial charge in [0.2, 0.25) is 6.10 Å². The number of hydrogen-bond acceptors (Lipinski definition) is 4. The molecule has 0 aliphatic carbocycles. The van der Waals surface area contributed by atoms with Crippen LogP contribution in [0.25, 0.3) is 0 Å². The number of rotatable bonds is 4. The fourth-order valence-electron chi connectivity index (χ4n) is 2.87. The van der Waals surface area contributed by atoms with Crippen LogP contribution in [0.1, 0.15) is 5.56 Å². The van der Waals surface area contributed by atoms with Crippen molar-refractivity contribution in [2.75, 3.05) is 11.5 Å². The molecule has 0 saturated heterocycles. The summed E-state index contributed by atoms with van der Waals surface area (Å²) in [6, 6.07) is 22.7. The summed E-state index contributed by atoms with van der Waals surface area (Å²) in [5, 5.41) is 0. The molecule has 1 aliphatic rings. The van der Waals surface area contributed by atoms with E-state index < -0.39 is 6.10 Å². The Balaban J connectivity index is 1.60. The van der Waals surface area contributed by atoms with Crippen molar-refractivity contribution in [3.63, 3.8) is 0 Å². The molecule has 1 aliphatic heterocycles. The van der Waals surface area contributed by atoms with E-state index in [0.29, 0.717) is 23.9 Å². The van der Waals surface area contributed by atoms with Gasteiger partial charge >= 0.3 is 0 Å². The molecule has 4 rings (SSSR count). The van der Waals surface area contributed by atoms with Crippen molar-refractivity contribution in [2.45, 2.75) is 12.6 Å². The molecular weight excluding hydrogens is 328 g/mol. The lowest BCUT2D eigenvalue weighted by molar-refractivity contribution is -0.127. The quantitative estimate of drug-likeness (QED) is 0.726. The first-order valence-electron chi connectivity index (χ1n) is 8.46. The molecule has 1 unspecified atom stereocenters. The van der Waals surface area contributed by atoms with Gasteiger partial charge in [-0.2, -0.15) is 0 Å². The second-order valence-electron chi connectivity index (χ2n) is 5.96. The lowest BCUT2D eigenvalue weighted by atomic mass is 10.2. The Morgan fingerprint density at radius 3 is 2.46 bits per heavy atom. The third-order valence-electron chi connectivity index (χ3n) is 4.16. The minimum atomic E-state index is -0.712. The molecule has 0 bridgehead atoms. The Morgan fingerprint density at radius 2 is 1.69 bits per heavy atom. The van der Waals surface area contributed by atoms with E-state index in [1.54, 1.807) is 17.2 Å². The highest BCUT2D eigenvalue weighted by molar-refractivity contribution is 5.96. The number of aromatic nitrogens is 1. The van der Waals surface area contributed by atoms with Crippen molar-refractivity contribution in [3.8, 4) is 11.5 Å². The first kappa shape index (κ1) is 16.1. The summed E-state index contributed by atoms with van der Waals surface area (Å²) in [7, 11) is 0. The van der Waals surface area contributed by atoms with Crippen LogP contribution in [0, 0.1) is 0 Å². The molecule has 1 aromatic heterocycles. The average molecular weight is 346 g/mol. The number of para-hydroxylation sites is 2. The maximum absolute atomic E-state index is 13.2. The van der Waals surface area contributed by atoms with E-state index in [2.05, 4.69) is 4.98 Å². The Kier molecular flexibility index (Phi) is 4.51. The second-order valence-corrected chi connectivity index (χ2v) is 5.96. The van der Waals surface area contributed by atoms with Gasteiger partial charge in [-0.15, -0.1) is 0 Å². The number of pyridine rings is 1. The summed E-state index contributed by atoms with van der Waals surface area (Å²) in [5.74, 6) is 1.65. The van der Waals surface area contributed by atoms with E-state index in [0.717, 1.165) is 5.56 Å². The molecule has 26 heavy (non-hydrogen) atoms. The number of nitrogens with zero attached hydrogens (tertiary/aromatic N) is 2. The molecule has 0 spiro atoms. The molecular formula is C21H18N2O3. The van der Waals surface area contributed by atoms with Gasteiger partial charge in [-0.1, -0.05) is 48.5 Å². The summed E-state index contributed by atoms with van der Waals surface area (Å²) < 4.78 is 11.6. The molecule has 2 heterocycles. The average Bonchev–Trinajstić information content (AvgIpc) is 2.72. The molecule has 0 radical (unpaired) electrons. The van der Waals surface area contributed by atoms with Gasteiger partial charge in [0.1, 0.15) is 12.4 Å². The monoisotopic (exact) mass is 346 g/mol. The number of amides is 1. The van der Waals surface area contributed by atoms with Crippen LogP contribution in [0.3, 0.4) is 0 Å². The Morgan fingerprint density at radius 1 is 0.962 bits per heavy atom. The number of carbonyl (C=O) groups is 1. The summed E-state index contributed by atoms with van der Waals surface area (Å²) in [5.41, 5.74) is 1.02. The molecule has 0 saturated carbocycles. The fourth-order valence-corrected chi connectivity index (χ4v) is 2.87. The van der Waals surface area contributed by atoms with Crippen LogP contribution in [0.4, 0.5) is 5.82 Å². The van der Waals surface area contributed by atoms with E-state index in [4.69, 9.17) is 9.47 Å². The van der Waals surface area contributed by atoms with Gasteiger partial charge in [0, 0.05) is 6.20 Å². The summed E-state index contributed by atoms with van der Waals surface area (Å²) in [4.78, 5) is 19.2. The second kappa shape index (κ2) is 7.27. The Labute approximate surface area is 151 Å². The number of ether oxygens (including phenoxy) is 2. The SMILES string of the molecule is O=C(C1COc2ccccc2O1)N(Cc1ccccc1)c1ccccn1. The van der Waals surface area contributed by atoms with Gasteiger partial charge in [0.05, 0.1) is 6.54 Å². The third-order valence-corrected chi connectivity index (χ3v) is 4.16. The van der Waals surface area contributed by atoms with E-state index >= 15 is 0 Å². The maximum Gasteiger partial charge on any atom is 0.273 e. The topological polar surface area (TPSA) is 51.7 Å². The lowest BCUT2D eigenvalue weighted by Crippen LogP contribution is -2.46. The Bertz CT molecular complexity index is 884. The first-order valence-corrected chi connectivity index (χ1v) is 8.46. The van der Waals surface area contributed by atoms with Crippen LogP contribution in [-0.4, -0.2) is 23.6 Å². The molecule has 5 heteroatoms. The smallest absolute Gasteiger partial charge is 0.273 e. The normalized spacial score (nSPS) is 15.3. The van der Waals surface area contributed by atoms with Gasteiger partial charge < -0.3 is 9.47 Å². The minimum absolute atomic E-state index is 0.175. The molecule has 3 aromatic rings. The van der Waals surface area contributed by atoms with Crippen LogP contribution in [0.2, 0.25) is 0 Å². The first-order chi connectivity index (χ1) is 12.8. The highest BCUT2D eigenvalue weighted by Gasteiger charge is 2.32. The Hall–Kier alpha value is -3.34. The lowest BCUT2D eigenvalue weighted by Gasteiger charge is -2.30. The maximum atomic E-state index is 13.2. The summed E-state index contributed by atoms with van der Waals surface area (Å²) in [6.07, 6.45) is 0.962. The third kappa shape index (κ3) is 3.37. The number of fused-ring (bicyclic) bond motifs is 1. The highest BCUT2D eigenvalue weighted by Crippen LogP contribution is 2.31. The van der Waals surface area contributed by atoms with E-state index in [-0.39, 0.29) is 12.5 Å². The van der Waals surface area contributed by atoms with Crippen molar-refractivity contribution in [1.82, 2.24) is 4.98 Å². The number of anilines is 1. The van der Waals surface area contributed by atoms with Crippen molar-refractivity contribution in [1.29, 1.82) is 0 Å². The highest BCUT2D eigenvalue weighted by atomic mass is 16.6. The summed E-state index contributed by atoms with van der Waals surface area (Å²) >= 11 is 0. The largest absolute Gasteiger partial charge is 0.485 e. The zero-order valence-corrected chi connectivity index (χ0v) is 14.1. The van der Waals surface area contributed by atoms with Crippen LogP contribution >= 0.6 is 0 Å². The van der Waals surface area contributed by atoms with E-state index in [1.165, 1.54) is 0 Å². The zero-order chi connectivity index (χ0) is 17.8. The molecule has 5 nitrogen and oxygen atoms in total. The number of benzene rings is 2. The zero-order valence-electron chi connectivity index (χ0n) is 14.1. The van der Waals surface area contributed by atoms with Gasteiger partial charge in [0.15, 0.2) is 11.5 Å². The molecule has 1 atom stereocenters. The fraction of sp³-hybridized carbons (Fsp3) is 0.143. The molecule has 0 N–H and O–H groups in total. The molecule has 2 aromatic carbocycles. The van der Waals surface area contributed by atoms with E-state index in [9.17, 15) is 4.79 Å².